The van der Waals surface area contributed by atoms with Crippen molar-refractivity contribution in [3.63, 3.8) is 0 Å². The third-order valence-corrected chi connectivity index (χ3v) is 9.56. The molecule has 1 aromatic heterocycles. The van der Waals surface area contributed by atoms with Gasteiger partial charge in [0.1, 0.15) is 4.60 Å². The lowest BCUT2D eigenvalue weighted by Gasteiger charge is -2.35. The van der Waals surface area contributed by atoms with Crippen LogP contribution in [0.2, 0.25) is 0 Å². The van der Waals surface area contributed by atoms with E-state index in [0.717, 1.165) is 6.07 Å². The average Bonchev–Trinajstić information content (AvgIpc) is 2.98. The second kappa shape index (κ2) is 8.49. The predicted molar refractivity (Wildman–Crippen MR) is 112 cm³/mol. The minimum absolute atomic E-state index is 0.131. The van der Waals surface area contributed by atoms with Crippen molar-refractivity contribution in [2.75, 3.05) is 0 Å². The molecule has 1 heterocycles. The van der Waals surface area contributed by atoms with Gasteiger partial charge in [-0.15, -0.1) is 17.9 Å². The summed E-state index contributed by atoms with van der Waals surface area (Å²) < 4.78 is 50.8. The topological polar surface area (TPSA) is 53.8 Å². The SMILES string of the molecule is C=CCC[C@@H](c1cccc(F)c1F)[C@@H](c1scnc1Br)S(=N)(=O)C(C)(C)C. The largest absolute Gasteiger partial charge is 0.252 e. The van der Waals surface area contributed by atoms with Gasteiger partial charge in [0.25, 0.3) is 0 Å². The first-order valence-corrected chi connectivity index (χ1v) is 11.7. The second-order valence-corrected chi connectivity index (χ2v) is 11.8. The first-order valence-electron chi connectivity index (χ1n) is 8.43. The molecule has 1 unspecified atom stereocenters. The zero-order chi connectivity index (χ0) is 20.4. The number of nitrogens with zero attached hydrogens (tertiary/aromatic N) is 1. The Morgan fingerprint density at radius 3 is 2.59 bits per heavy atom. The van der Waals surface area contributed by atoms with Crippen molar-refractivity contribution < 1.29 is 13.0 Å². The maximum atomic E-state index is 14.7. The summed E-state index contributed by atoms with van der Waals surface area (Å²) in [5.41, 5.74) is 1.73. The number of nitrogens with one attached hydrogen (secondary N) is 1. The van der Waals surface area contributed by atoms with E-state index in [0.29, 0.717) is 22.3 Å². The zero-order valence-corrected chi connectivity index (χ0v) is 18.7. The molecule has 3 atom stereocenters. The minimum atomic E-state index is -3.27. The number of allylic oxidation sites excluding steroid dienone is 1. The first kappa shape index (κ1) is 22.2. The molecule has 27 heavy (non-hydrogen) atoms. The fraction of sp³-hybridized carbons (Fsp3) is 0.421. The lowest BCUT2D eigenvalue weighted by atomic mass is 9.89. The van der Waals surface area contributed by atoms with Gasteiger partial charge in [0.05, 0.1) is 25.4 Å². The fourth-order valence-electron chi connectivity index (χ4n) is 2.95. The van der Waals surface area contributed by atoms with Crippen molar-refractivity contribution in [2.45, 2.75) is 49.5 Å². The highest BCUT2D eigenvalue weighted by Crippen LogP contribution is 2.48. The van der Waals surface area contributed by atoms with E-state index in [4.69, 9.17) is 4.78 Å². The van der Waals surface area contributed by atoms with Crippen molar-refractivity contribution in [2.24, 2.45) is 0 Å². The van der Waals surface area contributed by atoms with Crippen LogP contribution < -0.4 is 0 Å². The number of hydrogen-bond acceptors (Lipinski definition) is 4. The van der Waals surface area contributed by atoms with Gasteiger partial charge in [-0.25, -0.2) is 18.0 Å². The van der Waals surface area contributed by atoms with Crippen LogP contribution in [0.5, 0.6) is 0 Å². The van der Waals surface area contributed by atoms with Gasteiger partial charge in [0.2, 0.25) is 0 Å². The van der Waals surface area contributed by atoms with Gasteiger partial charge in [-0.2, -0.15) is 0 Å². The molecule has 0 aliphatic heterocycles. The molecule has 0 amide bonds. The van der Waals surface area contributed by atoms with Crippen LogP contribution in [-0.4, -0.2) is 13.9 Å². The molecule has 1 aromatic carbocycles. The van der Waals surface area contributed by atoms with Crippen molar-refractivity contribution in [3.05, 3.63) is 63.0 Å². The minimum Gasteiger partial charge on any atom is -0.252 e. The van der Waals surface area contributed by atoms with Crippen molar-refractivity contribution >= 4 is 37.0 Å². The van der Waals surface area contributed by atoms with Gasteiger partial charge in [-0.1, -0.05) is 18.2 Å². The molecular weight excluding hydrogens is 454 g/mol. The lowest BCUT2D eigenvalue weighted by Crippen LogP contribution is -2.34. The predicted octanol–water partition coefficient (Wildman–Crippen LogP) is 6.82. The zero-order valence-electron chi connectivity index (χ0n) is 15.5. The van der Waals surface area contributed by atoms with Crippen molar-refractivity contribution in [1.82, 2.24) is 4.98 Å². The highest BCUT2D eigenvalue weighted by Gasteiger charge is 2.42. The van der Waals surface area contributed by atoms with Crippen LogP contribution in [0.3, 0.4) is 0 Å². The quantitative estimate of drug-likeness (QED) is 0.445. The van der Waals surface area contributed by atoms with Gasteiger partial charge >= 0.3 is 0 Å². The van der Waals surface area contributed by atoms with E-state index in [1.54, 1.807) is 32.4 Å². The molecule has 0 spiro atoms. The number of benzene rings is 1. The van der Waals surface area contributed by atoms with Gasteiger partial charge in [0, 0.05) is 10.7 Å². The molecule has 0 bridgehead atoms. The van der Waals surface area contributed by atoms with Crippen LogP contribution in [0, 0.1) is 16.4 Å². The molecular formula is C19H23BrF2N2OS2. The molecule has 3 nitrogen and oxygen atoms in total. The Balaban J connectivity index is 2.77. The maximum absolute atomic E-state index is 14.7. The molecule has 1 N–H and O–H groups in total. The standard InChI is InChI=1S/C19H23BrF2N2OS2/c1-5-6-8-13(12-9-7-10-14(21)15(12)22)17(16-18(20)24-11-26-16)27(23,25)19(2,3)4/h5,7,9-11,13,17,23H,1,6,8H2,2-4H3/t13-,17-,27?/m0/s1. The Morgan fingerprint density at radius 2 is 2.07 bits per heavy atom. The van der Waals surface area contributed by atoms with E-state index < -0.39 is 37.3 Å². The van der Waals surface area contributed by atoms with Gasteiger partial charge < -0.3 is 0 Å². The summed E-state index contributed by atoms with van der Waals surface area (Å²) in [5.74, 6) is -2.56. The number of halogens is 3. The van der Waals surface area contributed by atoms with Crippen LogP contribution in [0.1, 0.15) is 55.2 Å². The lowest BCUT2D eigenvalue weighted by molar-refractivity contribution is 0.475. The smallest absolute Gasteiger partial charge is 0.162 e. The number of thiazole rings is 1. The fourth-order valence-corrected chi connectivity index (χ4v) is 7.08. The summed E-state index contributed by atoms with van der Waals surface area (Å²) in [6, 6.07) is 4.01. The first-order chi connectivity index (χ1) is 12.5. The molecule has 8 heteroatoms. The van der Waals surface area contributed by atoms with Crippen LogP contribution in [0.4, 0.5) is 8.78 Å². The molecule has 2 rings (SSSR count). The van der Waals surface area contributed by atoms with Crippen molar-refractivity contribution in [1.29, 1.82) is 4.78 Å². The van der Waals surface area contributed by atoms with E-state index >= 15 is 0 Å². The van der Waals surface area contributed by atoms with Gasteiger partial charge in [-0.3, -0.25) is 4.78 Å². The van der Waals surface area contributed by atoms with Gasteiger partial charge in [-0.05, 0) is 61.2 Å². The normalized spacial score (nSPS) is 16.5. The van der Waals surface area contributed by atoms with Gasteiger partial charge in [0.15, 0.2) is 11.6 Å². The van der Waals surface area contributed by atoms with Crippen LogP contribution in [0.15, 0.2) is 41.0 Å². The molecule has 0 aliphatic rings. The Labute approximate surface area is 172 Å². The molecule has 0 radical (unpaired) electrons. The van der Waals surface area contributed by atoms with E-state index in [-0.39, 0.29) is 5.56 Å². The summed E-state index contributed by atoms with van der Waals surface area (Å²) in [7, 11) is -3.27. The third-order valence-electron chi connectivity index (χ3n) is 4.50. The second-order valence-electron chi connectivity index (χ2n) is 7.26. The average molecular weight is 477 g/mol. The summed E-state index contributed by atoms with van der Waals surface area (Å²) in [4.78, 5) is 4.78. The van der Waals surface area contributed by atoms with Crippen molar-refractivity contribution in [3.8, 4) is 0 Å². The Bertz CT molecular complexity index is 920. The Morgan fingerprint density at radius 1 is 1.41 bits per heavy atom. The van der Waals surface area contributed by atoms with Crippen LogP contribution >= 0.6 is 27.3 Å². The highest BCUT2D eigenvalue weighted by molar-refractivity contribution is 9.10. The molecule has 148 valence electrons. The third kappa shape index (κ3) is 4.49. The monoisotopic (exact) mass is 476 g/mol. The summed E-state index contributed by atoms with van der Waals surface area (Å²) >= 11 is 4.64. The van der Waals surface area contributed by atoms with Crippen LogP contribution in [-0.2, 0) is 9.73 Å². The summed E-state index contributed by atoms with van der Waals surface area (Å²) in [6.07, 6.45) is 2.60. The summed E-state index contributed by atoms with van der Waals surface area (Å²) in [6.45, 7) is 8.91. The Hall–Kier alpha value is -1.12. The summed E-state index contributed by atoms with van der Waals surface area (Å²) in [5, 5.41) is -0.837. The highest BCUT2D eigenvalue weighted by atomic mass is 79.9. The molecule has 2 aromatic rings. The number of hydrogen-bond donors (Lipinski definition) is 1. The van der Waals surface area contributed by atoms with E-state index in [2.05, 4.69) is 27.5 Å². The number of rotatable bonds is 7. The molecule has 0 aliphatic carbocycles. The van der Waals surface area contributed by atoms with Crippen LogP contribution in [0.25, 0.3) is 0 Å². The molecule has 0 saturated carbocycles. The van der Waals surface area contributed by atoms with E-state index in [1.807, 2.05) is 0 Å². The Kier molecular flexibility index (Phi) is 6.97. The maximum Gasteiger partial charge on any atom is 0.162 e. The molecule has 0 fully saturated rings. The number of aromatic nitrogens is 1. The van der Waals surface area contributed by atoms with E-state index in [9.17, 15) is 13.0 Å². The van der Waals surface area contributed by atoms with E-state index in [1.165, 1.54) is 23.5 Å². The molecule has 0 saturated heterocycles.